The molecule has 0 bridgehead atoms. The normalized spacial score (nSPS) is 12.9. The van der Waals surface area contributed by atoms with E-state index in [1.165, 1.54) is 5.56 Å². The number of esters is 1. The van der Waals surface area contributed by atoms with E-state index in [1.54, 1.807) is 13.8 Å². The lowest BCUT2D eigenvalue weighted by molar-refractivity contribution is -0.150. The maximum atomic E-state index is 11.5. The average molecular weight is 264 g/mol. The van der Waals surface area contributed by atoms with Gasteiger partial charge in [-0.15, -0.1) is 0 Å². The van der Waals surface area contributed by atoms with Crippen molar-refractivity contribution in [3.63, 3.8) is 0 Å². The zero-order valence-electron chi connectivity index (χ0n) is 12.5. The molecule has 0 fully saturated rings. The van der Waals surface area contributed by atoms with Crippen molar-refractivity contribution in [2.24, 2.45) is 0 Å². The summed E-state index contributed by atoms with van der Waals surface area (Å²) in [5.41, 5.74) is 1.43. The van der Waals surface area contributed by atoms with Crippen LogP contribution in [0.3, 0.4) is 0 Å². The third-order valence-corrected chi connectivity index (χ3v) is 3.45. The van der Waals surface area contributed by atoms with Crippen LogP contribution in [0.1, 0.15) is 46.6 Å². The molecule has 0 heterocycles. The number of carbonyl (C=O) groups is 1. The van der Waals surface area contributed by atoms with Gasteiger partial charge >= 0.3 is 5.97 Å². The molecule has 0 amide bonds. The second-order valence-corrected chi connectivity index (χ2v) is 5.27. The van der Waals surface area contributed by atoms with Gasteiger partial charge in [-0.3, -0.25) is 0 Å². The fourth-order valence-electron chi connectivity index (χ4n) is 1.70. The maximum absolute atomic E-state index is 11.5. The quantitative estimate of drug-likeness (QED) is 0.735. The Morgan fingerprint density at radius 1 is 1.21 bits per heavy atom. The summed E-state index contributed by atoms with van der Waals surface area (Å²) in [6.07, 6.45) is 0.497. The van der Waals surface area contributed by atoms with E-state index in [0.29, 0.717) is 12.4 Å². The van der Waals surface area contributed by atoms with Crippen molar-refractivity contribution in [3.8, 4) is 5.75 Å². The zero-order chi connectivity index (χ0) is 14.5. The van der Waals surface area contributed by atoms with Crippen LogP contribution in [0.4, 0.5) is 0 Å². The van der Waals surface area contributed by atoms with Gasteiger partial charge in [0.25, 0.3) is 0 Å². The van der Waals surface area contributed by atoms with Crippen molar-refractivity contribution >= 4 is 5.97 Å². The first-order chi connectivity index (χ1) is 8.90. The summed E-state index contributed by atoms with van der Waals surface area (Å²) in [5.74, 6) is 0.358. The molecule has 1 rings (SSSR count). The van der Waals surface area contributed by atoms with Gasteiger partial charge in [0.2, 0.25) is 0 Å². The highest BCUT2D eigenvalue weighted by Gasteiger charge is 2.19. The SMILES string of the molecule is CCOC(=O)C(C)Oc1ccc(C(C)(C)CC)cc1. The molecule has 1 unspecified atom stereocenters. The van der Waals surface area contributed by atoms with E-state index in [-0.39, 0.29) is 11.4 Å². The summed E-state index contributed by atoms with van der Waals surface area (Å²) in [7, 11) is 0. The van der Waals surface area contributed by atoms with Gasteiger partial charge in [-0.2, -0.15) is 0 Å². The topological polar surface area (TPSA) is 35.5 Å². The molecular weight excluding hydrogens is 240 g/mol. The Morgan fingerprint density at radius 2 is 1.79 bits per heavy atom. The predicted molar refractivity (Wildman–Crippen MR) is 76.5 cm³/mol. The minimum absolute atomic E-state index is 0.158. The lowest BCUT2D eigenvalue weighted by atomic mass is 9.82. The highest BCUT2D eigenvalue weighted by Crippen LogP contribution is 2.28. The summed E-state index contributed by atoms with van der Waals surface area (Å²) >= 11 is 0. The predicted octanol–water partition coefficient (Wildman–Crippen LogP) is 3.70. The average Bonchev–Trinajstić information content (AvgIpc) is 2.39. The molecule has 0 aliphatic heterocycles. The smallest absolute Gasteiger partial charge is 0.347 e. The van der Waals surface area contributed by atoms with Crippen LogP contribution in [-0.2, 0) is 14.9 Å². The van der Waals surface area contributed by atoms with Crippen molar-refractivity contribution in [1.82, 2.24) is 0 Å². The highest BCUT2D eigenvalue weighted by molar-refractivity contribution is 5.74. The van der Waals surface area contributed by atoms with Gasteiger partial charge in [0, 0.05) is 0 Å². The number of rotatable bonds is 6. The molecule has 0 aromatic heterocycles. The van der Waals surface area contributed by atoms with Crippen LogP contribution in [0.25, 0.3) is 0 Å². The minimum atomic E-state index is -0.579. The Kier molecular flexibility index (Phi) is 5.40. The Hall–Kier alpha value is -1.51. The molecule has 0 aliphatic carbocycles. The van der Waals surface area contributed by atoms with Gasteiger partial charge in [0.05, 0.1) is 6.61 Å². The first kappa shape index (κ1) is 15.5. The Bertz CT molecular complexity index is 407. The fourth-order valence-corrected chi connectivity index (χ4v) is 1.70. The number of ether oxygens (including phenoxy) is 2. The standard InChI is InChI=1S/C16H24O3/c1-6-16(4,5)13-8-10-14(11-9-13)19-12(3)15(17)18-7-2/h8-12H,6-7H2,1-5H3. The molecular formula is C16H24O3. The molecule has 0 spiro atoms. The van der Waals surface area contributed by atoms with Gasteiger partial charge in [-0.05, 0) is 43.4 Å². The molecule has 0 saturated carbocycles. The van der Waals surface area contributed by atoms with E-state index < -0.39 is 6.10 Å². The van der Waals surface area contributed by atoms with E-state index in [9.17, 15) is 4.79 Å². The van der Waals surface area contributed by atoms with Gasteiger partial charge in [-0.25, -0.2) is 4.79 Å². The first-order valence-corrected chi connectivity index (χ1v) is 6.84. The molecule has 1 aromatic rings. The number of carbonyl (C=O) groups excluding carboxylic acids is 1. The lowest BCUT2D eigenvalue weighted by Crippen LogP contribution is -2.26. The van der Waals surface area contributed by atoms with Crippen LogP contribution in [0, 0.1) is 0 Å². The molecule has 0 N–H and O–H groups in total. The second-order valence-electron chi connectivity index (χ2n) is 5.27. The van der Waals surface area contributed by atoms with E-state index in [1.807, 2.05) is 12.1 Å². The third kappa shape index (κ3) is 4.27. The van der Waals surface area contributed by atoms with Crippen molar-refractivity contribution in [2.45, 2.75) is 52.6 Å². The van der Waals surface area contributed by atoms with Crippen LogP contribution >= 0.6 is 0 Å². The minimum Gasteiger partial charge on any atom is -0.479 e. The third-order valence-electron chi connectivity index (χ3n) is 3.45. The van der Waals surface area contributed by atoms with Crippen LogP contribution in [-0.4, -0.2) is 18.7 Å². The highest BCUT2D eigenvalue weighted by atomic mass is 16.6. The van der Waals surface area contributed by atoms with Gasteiger partial charge in [-0.1, -0.05) is 32.9 Å². The molecule has 1 aromatic carbocycles. The number of hydrogen-bond donors (Lipinski definition) is 0. The van der Waals surface area contributed by atoms with E-state index in [4.69, 9.17) is 9.47 Å². The molecule has 106 valence electrons. The molecule has 19 heavy (non-hydrogen) atoms. The summed E-state index contributed by atoms with van der Waals surface area (Å²) in [6, 6.07) is 7.92. The van der Waals surface area contributed by atoms with Gasteiger partial charge in [0.1, 0.15) is 5.75 Å². The van der Waals surface area contributed by atoms with Gasteiger partial charge in [0.15, 0.2) is 6.10 Å². The van der Waals surface area contributed by atoms with E-state index in [0.717, 1.165) is 6.42 Å². The van der Waals surface area contributed by atoms with E-state index in [2.05, 4.69) is 32.9 Å². The molecule has 3 nitrogen and oxygen atoms in total. The Labute approximate surface area is 115 Å². The maximum Gasteiger partial charge on any atom is 0.347 e. The summed E-state index contributed by atoms with van der Waals surface area (Å²) in [6.45, 7) is 10.5. The van der Waals surface area contributed by atoms with Crippen LogP contribution in [0.2, 0.25) is 0 Å². The summed E-state index contributed by atoms with van der Waals surface area (Å²) in [5, 5.41) is 0. The Balaban J connectivity index is 2.70. The van der Waals surface area contributed by atoms with Crippen molar-refractivity contribution < 1.29 is 14.3 Å². The van der Waals surface area contributed by atoms with Crippen LogP contribution in [0.15, 0.2) is 24.3 Å². The first-order valence-electron chi connectivity index (χ1n) is 6.84. The van der Waals surface area contributed by atoms with Crippen molar-refractivity contribution in [1.29, 1.82) is 0 Å². The lowest BCUT2D eigenvalue weighted by Gasteiger charge is -2.23. The molecule has 0 saturated heterocycles. The Morgan fingerprint density at radius 3 is 2.26 bits per heavy atom. The van der Waals surface area contributed by atoms with Crippen LogP contribution in [0.5, 0.6) is 5.75 Å². The number of hydrogen-bond acceptors (Lipinski definition) is 3. The summed E-state index contributed by atoms with van der Waals surface area (Å²) in [4.78, 5) is 11.5. The molecule has 1 atom stereocenters. The molecule has 0 aliphatic rings. The monoisotopic (exact) mass is 264 g/mol. The largest absolute Gasteiger partial charge is 0.479 e. The van der Waals surface area contributed by atoms with Gasteiger partial charge < -0.3 is 9.47 Å². The summed E-state index contributed by atoms with van der Waals surface area (Å²) < 4.78 is 10.5. The second kappa shape index (κ2) is 6.60. The fraction of sp³-hybridized carbons (Fsp3) is 0.562. The molecule has 3 heteroatoms. The van der Waals surface area contributed by atoms with Crippen LogP contribution < -0.4 is 4.74 Å². The molecule has 0 radical (unpaired) electrons. The zero-order valence-corrected chi connectivity index (χ0v) is 12.5. The van der Waals surface area contributed by atoms with E-state index >= 15 is 0 Å². The van der Waals surface area contributed by atoms with Crippen molar-refractivity contribution in [2.75, 3.05) is 6.61 Å². The van der Waals surface area contributed by atoms with Crippen molar-refractivity contribution in [3.05, 3.63) is 29.8 Å². The number of benzene rings is 1.